The second kappa shape index (κ2) is 5.13. The number of hydrogen-bond acceptors (Lipinski definition) is 2. The molecule has 0 aliphatic heterocycles. The molecule has 1 heterocycles. The minimum absolute atomic E-state index is 0.470. The van der Waals surface area contributed by atoms with Crippen LogP contribution in [-0.2, 0) is 0 Å². The number of methoxy groups -OCH3 is 1. The van der Waals surface area contributed by atoms with Gasteiger partial charge in [-0.15, -0.1) is 0 Å². The Balaban J connectivity index is 2.49. The van der Waals surface area contributed by atoms with Crippen LogP contribution in [0.2, 0.25) is 15.1 Å². The van der Waals surface area contributed by atoms with E-state index in [-0.39, 0.29) is 0 Å². The van der Waals surface area contributed by atoms with Gasteiger partial charge in [0.05, 0.1) is 34.1 Å². The van der Waals surface area contributed by atoms with Crippen LogP contribution < -0.4 is 4.74 Å². The van der Waals surface area contributed by atoms with E-state index >= 15 is 0 Å². The number of benzene rings is 1. The van der Waals surface area contributed by atoms with Gasteiger partial charge in [0, 0.05) is 11.6 Å². The molecule has 17 heavy (non-hydrogen) atoms. The zero-order valence-corrected chi connectivity index (χ0v) is 11.1. The third kappa shape index (κ3) is 2.65. The van der Waals surface area contributed by atoms with Gasteiger partial charge in [-0.05, 0) is 12.1 Å². The van der Waals surface area contributed by atoms with Crippen LogP contribution >= 0.6 is 34.8 Å². The molecule has 0 spiro atoms. The fourth-order valence-electron chi connectivity index (χ4n) is 1.39. The molecule has 88 valence electrons. The summed E-state index contributed by atoms with van der Waals surface area (Å²) < 4.78 is 5.03. The SMILES string of the molecule is COc1cnc(-c2ccc(Cl)c(Cl)c2)c(Cl)c1. The van der Waals surface area contributed by atoms with E-state index in [1.54, 1.807) is 31.5 Å². The van der Waals surface area contributed by atoms with Crippen LogP contribution in [0.5, 0.6) is 5.75 Å². The molecule has 0 unspecified atom stereocenters. The Kier molecular flexibility index (Phi) is 3.77. The highest BCUT2D eigenvalue weighted by molar-refractivity contribution is 6.42. The summed E-state index contributed by atoms with van der Waals surface area (Å²) in [7, 11) is 1.56. The predicted molar refractivity (Wildman–Crippen MR) is 71.3 cm³/mol. The van der Waals surface area contributed by atoms with Crippen LogP contribution in [0.4, 0.5) is 0 Å². The number of hydrogen-bond donors (Lipinski definition) is 0. The van der Waals surface area contributed by atoms with Gasteiger partial charge in [0.2, 0.25) is 0 Å². The van der Waals surface area contributed by atoms with Gasteiger partial charge in [-0.2, -0.15) is 0 Å². The van der Waals surface area contributed by atoms with Crippen molar-refractivity contribution < 1.29 is 4.74 Å². The number of rotatable bonds is 2. The average Bonchev–Trinajstić information content (AvgIpc) is 2.32. The van der Waals surface area contributed by atoms with Crippen molar-refractivity contribution in [3.05, 3.63) is 45.5 Å². The van der Waals surface area contributed by atoms with Crippen molar-refractivity contribution in [2.45, 2.75) is 0 Å². The van der Waals surface area contributed by atoms with Crippen LogP contribution in [-0.4, -0.2) is 12.1 Å². The van der Waals surface area contributed by atoms with Crippen molar-refractivity contribution in [2.24, 2.45) is 0 Å². The highest BCUT2D eigenvalue weighted by atomic mass is 35.5. The molecule has 0 atom stereocenters. The van der Waals surface area contributed by atoms with Gasteiger partial charge in [0.15, 0.2) is 0 Å². The molecule has 0 aliphatic carbocycles. The van der Waals surface area contributed by atoms with Crippen LogP contribution in [0.25, 0.3) is 11.3 Å². The van der Waals surface area contributed by atoms with Gasteiger partial charge >= 0.3 is 0 Å². The minimum Gasteiger partial charge on any atom is -0.495 e. The average molecular weight is 289 g/mol. The summed E-state index contributed by atoms with van der Waals surface area (Å²) in [6.45, 7) is 0. The first-order valence-electron chi connectivity index (χ1n) is 4.77. The van der Waals surface area contributed by atoms with E-state index in [1.165, 1.54) is 0 Å². The van der Waals surface area contributed by atoms with Gasteiger partial charge in [-0.1, -0.05) is 40.9 Å². The largest absolute Gasteiger partial charge is 0.495 e. The Bertz CT molecular complexity index is 557. The Morgan fingerprint density at radius 1 is 1.00 bits per heavy atom. The minimum atomic E-state index is 0.470. The molecular weight excluding hydrogens is 280 g/mol. The predicted octanol–water partition coefficient (Wildman–Crippen LogP) is 4.72. The summed E-state index contributed by atoms with van der Waals surface area (Å²) in [5.41, 5.74) is 1.46. The summed E-state index contributed by atoms with van der Waals surface area (Å²) >= 11 is 17.9. The normalized spacial score (nSPS) is 10.4. The maximum absolute atomic E-state index is 6.12. The molecule has 2 aromatic rings. The van der Waals surface area contributed by atoms with Crippen molar-refractivity contribution in [2.75, 3.05) is 7.11 Å². The second-order valence-electron chi connectivity index (χ2n) is 3.33. The van der Waals surface area contributed by atoms with Gasteiger partial charge in [0.1, 0.15) is 5.75 Å². The van der Waals surface area contributed by atoms with Crippen molar-refractivity contribution >= 4 is 34.8 Å². The van der Waals surface area contributed by atoms with E-state index in [0.29, 0.717) is 26.5 Å². The lowest BCUT2D eigenvalue weighted by molar-refractivity contribution is 0.413. The van der Waals surface area contributed by atoms with E-state index in [9.17, 15) is 0 Å². The Labute approximate surface area is 114 Å². The summed E-state index contributed by atoms with van der Waals surface area (Å²) in [6, 6.07) is 6.95. The lowest BCUT2D eigenvalue weighted by Gasteiger charge is -2.06. The molecule has 0 saturated carbocycles. The number of nitrogens with zero attached hydrogens (tertiary/aromatic N) is 1. The van der Waals surface area contributed by atoms with Gasteiger partial charge in [-0.25, -0.2) is 0 Å². The summed E-state index contributed by atoms with van der Waals surface area (Å²) in [5, 5.41) is 1.47. The number of aromatic nitrogens is 1. The fraction of sp³-hybridized carbons (Fsp3) is 0.0833. The third-order valence-corrected chi connectivity index (χ3v) is 3.27. The van der Waals surface area contributed by atoms with Crippen LogP contribution in [0.15, 0.2) is 30.5 Å². The monoisotopic (exact) mass is 287 g/mol. The first kappa shape index (κ1) is 12.5. The van der Waals surface area contributed by atoms with E-state index < -0.39 is 0 Å². The molecule has 0 bridgehead atoms. The Morgan fingerprint density at radius 2 is 1.76 bits per heavy atom. The molecule has 0 aliphatic rings. The summed E-state index contributed by atoms with van der Waals surface area (Å²) in [6.07, 6.45) is 1.60. The molecular formula is C12H8Cl3NO. The quantitative estimate of drug-likeness (QED) is 0.798. The van der Waals surface area contributed by atoms with Gasteiger partial charge in [0.25, 0.3) is 0 Å². The maximum Gasteiger partial charge on any atom is 0.138 e. The molecule has 0 saturated heterocycles. The molecule has 0 radical (unpaired) electrons. The van der Waals surface area contributed by atoms with Crippen molar-refractivity contribution in [1.82, 2.24) is 4.98 Å². The van der Waals surface area contributed by atoms with Gasteiger partial charge in [-0.3, -0.25) is 4.98 Å². The van der Waals surface area contributed by atoms with E-state index in [0.717, 1.165) is 5.56 Å². The van der Waals surface area contributed by atoms with Gasteiger partial charge < -0.3 is 4.74 Å². The Morgan fingerprint density at radius 3 is 2.35 bits per heavy atom. The highest BCUT2D eigenvalue weighted by Crippen LogP contribution is 2.32. The summed E-state index contributed by atoms with van der Waals surface area (Å²) in [5.74, 6) is 0.610. The molecule has 2 nitrogen and oxygen atoms in total. The summed E-state index contributed by atoms with van der Waals surface area (Å²) in [4.78, 5) is 4.23. The van der Waals surface area contributed by atoms with Crippen LogP contribution in [0.1, 0.15) is 0 Å². The first-order chi connectivity index (χ1) is 8.11. The Hall–Kier alpha value is -0.960. The lowest BCUT2D eigenvalue weighted by Crippen LogP contribution is -1.89. The number of pyridine rings is 1. The number of ether oxygens (including phenoxy) is 1. The first-order valence-corrected chi connectivity index (χ1v) is 5.90. The van der Waals surface area contributed by atoms with Crippen molar-refractivity contribution in [3.8, 4) is 17.0 Å². The maximum atomic E-state index is 6.12. The van der Waals surface area contributed by atoms with E-state index in [1.807, 2.05) is 6.07 Å². The van der Waals surface area contributed by atoms with E-state index in [4.69, 9.17) is 39.5 Å². The standard InChI is InChI=1S/C12H8Cl3NO/c1-17-8-5-11(15)12(16-6-8)7-2-3-9(13)10(14)4-7/h2-6H,1H3. The molecule has 1 aromatic heterocycles. The smallest absolute Gasteiger partial charge is 0.138 e. The lowest BCUT2D eigenvalue weighted by atomic mass is 10.1. The topological polar surface area (TPSA) is 22.1 Å². The molecule has 2 rings (SSSR count). The van der Waals surface area contributed by atoms with Crippen molar-refractivity contribution in [3.63, 3.8) is 0 Å². The zero-order valence-electron chi connectivity index (χ0n) is 8.88. The zero-order chi connectivity index (χ0) is 12.4. The molecule has 0 fully saturated rings. The molecule has 1 aromatic carbocycles. The molecule has 0 N–H and O–H groups in total. The highest BCUT2D eigenvalue weighted by Gasteiger charge is 2.08. The van der Waals surface area contributed by atoms with Crippen LogP contribution in [0.3, 0.4) is 0 Å². The fourth-order valence-corrected chi connectivity index (χ4v) is 1.95. The molecule has 0 amide bonds. The van der Waals surface area contributed by atoms with Crippen molar-refractivity contribution in [1.29, 1.82) is 0 Å². The number of halogens is 3. The second-order valence-corrected chi connectivity index (χ2v) is 4.56. The van der Waals surface area contributed by atoms with E-state index in [2.05, 4.69) is 4.98 Å². The van der Waals surface area contributed by atoms with Crippen LogP contribution in [0, 0.1) is 0 Å². The third-order valence-electron chi connectivity index (χ3n) is 2.24. The molecule has 5 heteroatoms.